The van der Waals surface area contributed by atoms with E-state index >= 15 is 0 Å². The van der Waals surface area contributed by atoms with Crippen LogP contribution in [0.3, 0.4) is 0 Å². The lowest BCUT2D eigenvalue weighted by Crippen LogP contribution is -1.96. The maximum Gasteiger partial charge on any atom is 0.212 e. The molecule has 0 bridgehead atoms. The van der Waals surface area contributed by atoms with E-state index in [4.69, 9.17) is 5.10 Å². The van der Waals surface area contributed by atoms with E-state index < -0.39 is 0 Å². The second-order valence-electron chi connectivity index (χ2n) is 6.56. The van der Waals surface area contributed by atoms with Crippen molar-refractivity contribution in [2.75, 3.05) is 0 Å². The summed E-state index contributed by atoms with van der Waals surface area (Å²) in [6.45, 7) is 0. The van der Waals surface area contributed by atoms with Crippen molar-refractivity contribution in [2.45, 2.75) is 10.9 Å². The van der Waals surface area contributed by atoms with Crippen molar-refractivity contribution in [1.82, 2.24) is 24.8 Å². The van der Waals surface area contributed by atoms with E-state index in [0.29, 0.717) is 0 Å². The van der Waals surface area contributed by atoms with Gasteiger partial charge in [-0.3, -0.25) is 4.98 Å². The van der Waals surface area contributed by atoms with Gasteiger partial charge in [-0.2, -0.15) is 9.61 Å². The van der Waals surface area contributed by atoms with Gasteiger partial charge in [0.25, 0.3) is 0 Å². The Balaban J connectivity index is 1.42. The van der Waals surface area contributed by atoms with Crippen molar-refractivity contribution in [2.24, 2.45) is 0 Å². The maximum absolute atomic E-state index is 4.78. The van der Waals surface area contributed by atoms with E-state index in [1.165, 1.54) is 11.1 Å². The molecule has 5 rings (SSSR count). The first kappa shape index (κ1) is 17.6. The van der Waals surface area contributed by atoms with Gasteiger partial charge in [0, 0.05) is 23.7 Å². The van der Waals surface area contributed by atoms with Crippen molar-refractivity contribution in [3.8, 4) is 22.4 Å². The van der Waals surface area contributed by atoms with Gasteiger partial charge in [0.05, 0.1) is 5.69 Å². The minimum atomic E-state index is 0.739. The molecule has 0 saturated heterocycles. The van der Waals surface area contributed by atoms with Crippen LogP contribution in [0.4, 0.5) is 0 Å². The Morgan fingerprint density at radius 1 is 0.724 bits per heavy atom. The molecule has 0 spiro atoms. The fourth-order valence-corrected chi connectivity index (χ4v) is 3.93. The number of fused-ring (bicyclic) bond motifs is 1. The van der Waals surface area contributed by atoms with Gasteiger partial charge >= 0.3 is 0 Å². The van der Waals surface area contributed by atoms with Crippen molar-refractivity contribution in [3.05, 3.63) is 96.8 Å². The molecule has 0 saturated carbocycles. The second kappa shape index (κ2) is 7.85. The molecule has 3 heterocycles. The monoisotopic (exact) mass is 395 g/mol. The molecule has 0 aliphatic carbocycles. The Labute approximate surface area is 172 Å². The SMILES string of the molecule is c1ccc(-c2ccc(-c3ccc4nnc(SCc5cccnc5)n4n3)cc2)cc1. The van der Waals surface area contributed by atoms with Crippen molar-refractivity contribution < 1.29 is 0 Å². The summed E-state index contributed by atoms with van der Waals surface area (Å²) in [5.41, 5.74) is 6.22. The number of nitrogens with zero attached hydrogens (tertiary/aromatic N) is 5. The summed E-state index contributed by atoms with van der Waals surface area (Å²) in [5, 5.41) is 14.1. The zero-order chi connectivity index (χ0) is 19.5. The highest BCUT2D eigenvalue weighted by molar-refractivity contribution is 7.98. The van der Waals surface area contributed by atoms with Crippen molar-refractivity contribution in [3.63, 3.8) is 0 Å². The molecular weight excluding hydrogens is 378 g/mol. The Morgan fingerprint density at radius 2 is 1.52 bits per heavy atom. The molecule has 5 aromatic rings. The van der Waals surface area contributed by atoms with Gasteiger partial charge in [0.15, 0.2) is 5.65 Å². The molecule has 5 nitrogen and oxygen atoms in total. The summed E-state index contributed by atoms with van der Waals surface area (Å²) in [4.78, 5) is 4.16. The summed E-state index contributed by atoms with van der Waals surface area (Å²) >= 11 is 1.60. The van der Waals surface area contributed by atoms with Crippen molar-refractivity contribution >= 4 is 17.4 Å². The van der Waals surface area contributed by atoms with E-state index in [2.05, 4.69) is 69.8 Å². The molecular formula is C23H17N5S. The predicted octanol–water partition coefficient (Wildman–Crippen LogP) is 5.15. The van der Waals surface area contributed by atoms with Crippen LogP contribution in [0, 0.1) is 0 Å². The van der Waals surface area contributed by atoms with Gasteiger partial charge in [0.2, 0.25) is 5.16 Å². The van der Waals surface area contributed by atoms with Crippen LogP contribution in [-0.2, 0) is 5.75 Å². The molecule has 0 atom stereocenters. The summed E-state index contributed by atoms with van der Waals surface area (Å²) in [5.74, 6) is 0.770. The first-order valence-corrected chi connectivity index (χ1v) is 10.3. The van der Waals surface area contributed by atoms with Gasteiger partial charge < -0.3 is 0 Å². The van der Waals surface area contributed by atoms with E-state index in [0.717, 1.165) is 33.4 Å². The van der Waals surface area contributed by atoms with Crippen LogP contribution >= 0.6 is 11.8 Å². The third-order valence-corrected chi connectivity index (χ3v) is 5.60. The quantitative estimate of drug-likeness (QED) is 0.385. The zero-order valence-corrected chi connectivity index (χ0v) is 16.3. The van der Waals surface area contributed by atoms with Crippen molar-refractivity contribution in [1.29, 1.82) is 0 Å². The molecule has 0 amide bonds. The molecule has 0 aliphatic heterocycles. The van der Waals surface area contributed by atoms with Crippen LogP contribution in [0.5, 0.6) is 0 Å². The first-order chi connectivity index (χ1) is 14.4. The van der Waals surface area contributed by atoms with Crippen LogP contribution in [0.2, 0.25) is 0 Å². The molecule has 2 aromatic carbocycles. The first-order valence-electron chi connectivity index (χ1n) is 9.27. The van der Waals surface area contributed by atoms with Crippen LogP contribution < -0.4 is 0 Å². The number of pyridine rings is 1. The average molecular weight is 395 g/mol. The summed E-state index contributed by atoms with van der Waals surface area (Å²) in [6.07, 6.45) is 3.64. The number of benzene rings is 2. The molecule has 0 N–H and O–H groups in total. The highest BCUT2D eigenvalue weighted by Gasteiger charge is 2.10. The standard InChI is InChI=1S/C23H17N5S/c1-2-6-18(7-3-1)19-8-10-20(11-9-19)21-12-13-22-25-26-23(28(22)27-21)29-16-17-5-4-14-24-15-17/h1-15H,16H2. The molecule has 3 aromatic heterocycles. The molecule has 140 valence electrons. The fourth-order valence-electron chi connectivity index (χ4n) is 3.11. The topological polar surface area (TPSA) is 56.0 Å². The molecule has 0 unspecified atom stereocenters. The number of aromatic nitrogens is 5. The predicted molar refractivity (Wildman–Crippen MR) is 115 cm³/mol. The van der Waals surface area contributed by atoms with Crippen LogP contribution in [0.25, 0.3) is 28.0 Å². The third-order valence-electron chi connectivity index (χ3n) is 4.61. The van der Waals surface area contributed by atoms with E-state index in [9.17, 15) is 0 Å². The Kier molecular flexibility index (Phi) is 4.76. The van der Waals surface area contributed by atoms with E-state index in [-0.39, 0.29) is 0 Å². The number of rotatable bonds is 5. The average Bonchev–Trinajstić information content (AvgIpc) is 3.21. The summed E-state index contributed by atoms with van der Waals surface area (Å²) < 4.78 is 1.81. The van der Waals surface area contributed by atoms with Gasteiger partial charge in [-0.1, -0.05) is 72.4 Å². The zero-order valence-electron chi connectivity index (χ0n) is 15.5. The van der Waals surface area contributed by atoms with Gasteiger partial charge in [-0.05, 0) is 34.9 Å². The maximum atomic E-state index is 4.78. The largest absolute Gasteiger partial charge is 0.264 e. The smallest absolute Gasteiger partial charge is 0.212 e. The number of thioether (sulfide) groups is 1. The molecule has 0 fully saturated rings. The minimum Gasteiger partial charge on any atom is -0.264 e. The van der Waals surface area contributed by atoms with E-state index in [1.807, 2.05) is 35.0 Å². The van der Waals surface area contributed by atoms with Gasteiger partial charge in [-0.15, -0.1) is 10.2 Å². The number of hydrogen-bond donors (Lipinski definition) is 0. The minimum absolute atomic E-state index is 0.739. The number of hydrogen-bond acceptors (Lipinski definition) is 5. The Morgan fingerprint density at radius 3 is 2.31 bits per heavy atom. The third kappa shape index (κ3) is 3.75. The summed E-state index contributed by atoms with van der Waals surface area (Å²) in [6, 6.07) is 26.7. The lowest BCUT2D eigenvalue weighted by Gasteiger charge is -2.05. The lowest BCUT2D eigenvalue weighted by atomic mass is 10.0. The van der Waals surface area contributed by atoms with E-state index in [1.54, 1.807) is 18.0 Å². The Bertz CT molecular complexity index is 1240. The molecule has 6 heteroatoms. The highest BCUT2D eigenvalue weighted by Crippen LogP contribution is 2.25. The van der Waals surface area contributed by atoms with Gasteiger partial charge in [-0.25, -0.2) is 0 Å². The fraction of sp³-hybridized carbons (Fsp3) is 0.0435. The molecule has 0 radical (unpaired) electrons. The van der Waals surface area contributed by atoms with Crippen LogP contribution in [0.1, 0.15) is 5.56 Å². The van der Waals surface area contributed by atoms with Gasteiger partial charge in [0.1, 0.15) is 0 Å². The molecule has 0 aliphatic rings. The Hall–Kier alpha value is -3.51. The normalized spacial score (nSPS) is 11.0. The lowest BCUT2D eigenvalue weighted by molar-refractivity contribution is 0.813. The van der Waals surface area contributed by atoms with Crippen LogP contribution in [0.15, 0.2) is 96.4 Å². The highest BCUT2D eigenvalue weighted by atomic mass is 32.2. The molecule has 29 heavy (non-hydrogen) atoms. The second-order valence-corrected chi connectivity index (χ2v) is 7.51. The summed E-state index contributed by atoms with van der Waals surface area (Å²) in [7, 11) is 0. The van der Waals surface area contributed by atoms with Crippen LogP contribution in [-0.4, -0.2) is 24.8 Å².